The second-order valence-corrected chi connectivity index (χ2v) is 5.21. The molecule has 0 unspecified atom stereocenters. The van der Waals surface area contributed by atoms with Crippen LogP contribution in [-0.4, -0.2) is 5.78 Å². The van der Waals surface area contributed by atoms with Crippen LogP contribution < -0.4 is 4.74 Å². The molecule has 0 bridgehead atoms. The third kappa shape index (κ3) is 3.46. The minimum atomic E-state index is -0.124. The minimum Gasteiger partial charge on any atom is -0.489 e. The summed E-state index contributed by atoms with van der Waals surface area (Å²) in [5, 5.41) is 9.04. The Hall–Kier alpha value is -2.12. The van der Waals surface area contributed by atoms with Gasteiger partial charge in [-0.2, -0.15) is 5.26 Å². The molecule has 0 heterocycles. The summed E-state index contributed by atoms with van der Waals surface area (Å²) in [6, 6.07) is 14.7. The molecule has 0 aliphatic rings. The first-order chi connectivity index (χ1) is 9.60. The topological polar surface area (TPSA) is 50.1 Å². The summed E-state index contributed by atoms with van der Waals surface area (Å²) >= 11 is 3.37. The third-order valence-electron chi connectivity index (χ3n) is 2.81. The van der Waals surface area contributed by atoms with Crippen molar-refractivity contribution < 1.29 is 9.53 Å². The Morgan fingerprint density at radius 3 is 2.55 bits per heavy atom. The van der Waals surface area contributed by atoms with Gasteiger partial charge < -0.3 is 4.74 Å². The predicted octanol–water partition coefficient (Wildman–Crippen LogP) is 4.10. The fraction of sp³-hybridized carbons (Fsp3) is 0.125. The monoisotopic (exact) mass is 329 g/mol. The average molecular weight is 330 g/mol. The van der Waals surface area contributed by atoms with Gasteiger partial charge in [-0.05, 0) is 42.8 Å². The molecule has 0 spiro atoms. The van der Waals surface area contributed by atoms with Gasteiger partial charge in [0.05, 0.1) is 5.56 Å². The first-order valence-electron chi connectivity index (χ1n) is 6.02. The lowest BCUT2D eigenvalue weighted by Gasteiger charge is -2.08. The Labute approximate surface area is 125 Å². The number of carbonyl (C=O) groups is 1. The molecule has 0 saturated heterocycles. The number of halogens is 1. The fourth-order valence-electron chi connectivity index (χ4n) is 1.76. The molecule has 0 saturated carbocycles. The number of nitriles is 1. The van der Waals surface area contributed by atoms with Gasteiger partial charge in [-0.3, -0.25) is 4.79 Å². The van der Waals surface area contributed by atoms with E-state index in [1.54, 1.807) is 18.2 Å². The molecule has 0 atom stereocenters. The van der Waals surface area contributed by atoms with Crippen LogP contribution >= 0.6 is 15.9 Å². The highest BCUT2D eigenvalue weighted by atomic mass is 79.9. The number of hydrogen-bond donors (Lipinski definition) is 0. The summed E-state index contributed by atoms with van der Waals surface area (Å²) in [5.41, 5.74) is 1.79. The molecule has 4 heteroatoms. The van der Waals surface area contributed by atoms with Crippen molar-refractivity contribution in [1.82, 2.24) is 0 Å². The molecule has 0 amide bonds. The van der Waals surface area contributed by atoms with Crippen molar-refractivity contribution in [3.05, 3.63) is 63.6 Å². The highest BCUT2D eigenvalue weighted by Crippen LogP contribution is 2.19. The summed E-state index contributed by atoms with van der Waals surface area (Å²) in [4.78, 5) is 11.4. The standard InChI is InChI=1S/C16H12BrNO2/c1-11(19)16-7-6-15(8-13(16)9-18)20-10-12-2-4-14(17)5-3-12/h2-8H,10H2,1H3. The second-order valence-electron chi connectivity index (χ2n) is 4.29. The molecule has 20 heavy (non-hydrogen) atoms. The zero-order valence-electron chi connectivity index (χ0n) is 10.9. The van der Waals surface area contributed by atoms with E-state index in [1.807, 2.05) is 30.3 Å². The van der Waals surface area contributed by atoms with Crippen LogP contribution in [0.3, 0.4) is 0 Å². The number of hydrogen-bond acceptors (Lipinski definition) is 3. The van der Waals surface area contributed by atoms with Gasteiger partial charge in [0.1, 0.15) is 18.4 Å². The normalized spacial score (nSPS) is 9.85. The first kappa shape index (κ1) is 14.3. The van der Waals surface area contributed by atoms with Crippen molar-refractivity contribution in [3.8, 4) is 11.8 Å². The highest BCUT2D eigenvalue weighted by molar-refractivity contribution is 9.10. The van der Waals surface area contributed by atoms with E-state index in [1.165, 1.54) is 6.92 Å². The van der Waals surface area contributed by atoms with E-state index in [-0.39, 0.29) is 5.78 Å². The quantitative estimate of drug-likeness (QED) is 0.793. The van der Waals surface area contributed by atoms with E-state index in [0.717, 1.165) is 10.0 Å². The molecule has 0 aliphatic carbocycles. The van der Waals surface area contributed by atoms with E-state index in [0.29, 0.717) is 23.5 Å². The number of Topliss-reactive ketones (excluding diaryl/α,β-unsaturated/α-hetero) is 1. The largest absolute Gasteiger partial charge is 0.489 e. The summed E-state index contributed by atoms with van der Waals surface area (Å²) in [6.45, 7) is 1.86. The lowest BCUT2D eigenvalue weighted by molar-refractivity contribution is 0.101. The third-order valence-corrected chi connectivity index (χ3v) is 3.34. The van der Waals surface area contributed by atoms with Crippen LogP contribution in [0, 0.1) is 11.3 Å². The van der Waals surface area contributed by atoms with Crippen molar-refractivity contribution >= 4 is 21.7 Å². The molecule has 100 valence electrons. The molecule has 0 aromatic heterocycles. The fourth-order valence-corrected chi connectivity index (χ4v) is 2.02. The lowest BCUT2D eigenvalue weighted by atomic mass is 10.1. The van der Waals surface area contributed by atoms with Crippen LogP contribution in [-0.2, 0) is 6.61 Å². The van der Waals surface area contributed by atoms with Crippen molar-refractivity contribution in [2.24, 2.45) is 0 Å². The smallest absolute Gasteiger partial charge is 0.161 e. The molecular formula is C16H12BrNO2. The molecule has 0 fully saturated rings. The zero-order chi connectivity index (χ0) is 14.5. The molecule has 0 radical (unpaired) electrons. The number of rotatable bonds is 4. The van der Waals surface area contributed by atoms with Crippen LogP contribution in [0.1, 0.15) is 28.4 Å². The van der Waals surface area contributed by atoms with E-state index in [2.05, 4.69) is 15.9 Å². The van der Waals surface area contributed by atoms with Gasteiger partial charge in [0.25, 0.3) is 0 Å². The maximum absolute atomic E-state index is 11.4. The molecule has 0 N–H and O–H groups in total. The van der Waals surface area contributed by atoms with E-state index >= 15 is 0 Å². The second kappa shape index (κ2) is 6.36. The van der Waals surface area contributed by atoms with Crippen LogP contribution in [0.4, 0.5) is 0 Å². The SMILES string of the molecule is CC(=O)c1ccc(OCc2ccc(Br)cc2)cc1C#N. The van der Waals surface area contributed by atoms with Crippen molar-refractivity contribution in [2.75, 3.05) is 0 Å². The summed E-state index contributed by atoms with van der Waals surface area (Å²) in [5.74, 6) is 0.454. The number of ether oxygens (including phenoxy) is 1. The van der Waals surface area contributed by atoms with Crippen molar-refractivity contribution in [3.63, 3.8) is 0 Å². The van der Waals surface area contributed by atoms with E-state index in [9.17, 15) is 4.79 Å². The van der Waals surface area contributed by atoms with Gasteiger partial charge >= 0.3 is 0 Å². The Balaban J connectivity index is 2.12. The van der Waals surface area contributed by atoms with Gasteiger partial charge in [0.2, 0.25) is 0 Å². The number of benzene rings is 2. The minimum absolute atomic E-state index is 0.124. The van der Waals surface area contributed by atoms with Crippen molar-refractivity contribution in [1.29, 1.82) is 5.26 Å². The molecule has 3 nitrogen and oxygen atoms in total. The Kier molecular flexibility index (Phi) is 4.54. The Morgan fingerprint density at radius 2 is 1.95 bits per heavy atom. The maximum atomic E-state index is 11.4. The predicted molar refractivity (Wildman–Crippen MR) is 79.6 cm³/mol. The molecule has 2 rings (SSSR count). The maximum Gasteiger partial charge on any atom is 0.161 e. The summed E-state index contributed by atoms with van der Waals surface area (Å²) < 4.78 is 6.64. The number of ketones is 1. The number of carbonyl (C=O) groups excluding carboxylic acids is 1. The lowest BCUT2D eigenvalue weighted by Crippen LogP contribution is -1.99. The molecule has 2 aromatic carbocycles. The van der Waals surface area contributed by atoms with E-state index < -0.39 is 0 Å². The van der Waals surface area contributed by atoms with Gasteiger partial charge in [-0.1, -0.05) is 28.1 Å². The summed E-state index contributed by atoms with van der Waals surface area (Å²) in [6.07, 6.45) is 0. The van der Waals surface area contributed by atoms with Crippen LogP contribution in [0.5, 0.6) is 5.75 Å². The van der Waals surface area contributed by atoms with Crippen LogP contribution in [0.25, 0.3) is 0 Å². The molecular weight excluding hydrogens is 318 g/mol. The first-order valence-corrected chi connectivity index (χ1v) is 6.82. The zero-order valence-corrected chi connectivity index (χ0v) is 12.5. The Morgan fingerprint density at radius 1 is 1.25 bits per heavy atom. The van der Waals surface area contributed by atoms with Crippen LogP contribution in [0.2, 0.25) is 0 Å². The summed E-state index contributed by atoms with van der Waals surface area (Å²) in [7, 11) is 0. The van der Waals surface area contributed by atoms with Gasteiger partial charge in [-0.15, -0.1) is 0 Å². The molecule has 0 aliphatic heterocycles. The molecule has 2 aromatic rings. The van der Waals surface area contributed by atoms with Gasteiger partial charge in [-0.25, -0.2) is 0 Å². The highest BCUT2D eigenvalue weighted by Gasteiger charge is 2.08. The van der Waals surface area contributed by atoms with Crippen molar-refractivity contribution in [2.45, 2.75) is 13.5 Å². The Bertz CT molecular complexity index is 672. The van der Waals surface area contributed by atoms with Gasteiger partial charge in [0.15, 0.2) is 5.78 Å². The van der Waals surface area contributed by atoms with E-state index in [4.69, 9.17) is 10.00 Å². The van der Waals surface area contributed by atoms with Crippen LogP contribution in [0.15, 0.2) is 46.9 Å². The van der Waals surface area contributed by atoms with Gasteiger partial charge in [0, 0.05) is 10.0 Å². The average Bonchev–Trinajstić information content (AvgIpc) is 2.46. The number of nitrogens with zero attached hydrogens (tertiary/aromatic N) is 1.